The van der Waals surface area contributed by atoms with Gasteiger partial charge < -0.3 is 9.64 Å². The molecule has 0 aromatic carbocycles. The molecule has 7 heteroatoms. The van der Waals surface area contributed by atoms with E-state index in [1.165, 1.54) is 6.20 Å². The van der Waals surface area contributed by atoms with E-state index < -0.39 is 11.7 Å². The number of alkyl halides is 4. The van der Waals surface area contributed by atoms with Gasteiger partial charge >= 0.3 is 6.18 Å². The van der Waals surface area contributed by atoms with Crippen LogP contribution in [0.3, 0.4) is 0 Å². The molecule has 1 aromatic rings. The van der Waals surface area contributed by atoms with Gasteiger partial charge in [0.05, 0.1) is 18.3 Å². The number of aromatic nitrogens is 1. The van der Waals surface area contributed by atoms with Crippen LogP contribution >= 0.6 is 15.9 Å². The first kappa shape index (κ1) is 15.6. The van der Waals surface area contributed by atoms with Crippen molar-refractivity contribution in [3.05, 3.63) is 23.9 Å². The summed E-state index contributed by atoms with van der Waals surface area (Å²) in [5.41, 5.74) is -0.653. The van der Waals surface area contributed by atoms with Crippen LogP contribution in [0.15, 0.2) is 18.3 Å². The Hall–Kier alpha value is -0.820. The smallest absolute Gasteiger partial charge is 0.377 e. The molecule has 1 saturated heterocycles. The first-order valence-electron chi connectivity index (χ1n) is 6.46. The van der Waals surface area contributed by atoms with Crippen molar-refractivity contribution >= 4 is 21.7 Å². The molecule has 0 bridgehead atoms. The third kappa shape index (κ3) is 4.09. The molecule has 0 spiro atoms. The predicted molar refractivity (Wildman–Crippen MR) is 74.2 cm³/mol. The number of hydrogen-bond donors (Lipinski definition) is 0. The average molecular weight is 353 g/mol. The van der Waals surface area contributed by atoms with Crippen LogP contribution < -0.4 is 4.90 Å². The Morgan fingerprint density at radius 2 is 2.05 bits per heavy atom. The Morgan fingerprint density at radius 3 is 2.65 bits per heavy atom. The molecule has 0 atom stereocenters. The van der Waals surface area contributed by atoms with Gasteiger partial charge in [-0.15, -0.1) is 0 Å². The maximum absolute atomic E-state index is 12.7. The highest BCUT2D eigenvalue weighted by Crippen LogP contribution is 2.31. The summed E-state index contributed by atoms with van der Waals surface area (Å²) in [6.45, 7) is 2.00. The molecule has 0 unspecified atom stereocenters. The Bertz CT molecular complexity index is 434. The summed E-state index contributed by atoms with van der Waals surface area (Å²) in [6, 6.07) is 2.11. The number of piperidine rings is 1. The van der Waals surface area contributed by atoms with E-state index in [0.29, 0.717) is 25.5 Å². The van der Waals surface area contributed by atoms with Crippen LogP contribution in [-0.2, 0) is 10.9 Å². The van der Waals surface area contributed by atoms with E-state index >= 15 is 0 Å². The molecule has 0 radical (unpaired) electrons. The van der Waals surface area contributed by atoms with Crippen molar-refractivity contribution < 1.29 is 17.9 Å². The van der Waals surface area contributed by atoms with Crippen LogP contribution in [-0.4, -0.2) is 36.1 Å². The second kappa shape index (κ2) is 6.76. The molecular weight excluding hydrogens is 337 g/mol. The Balaban J connectivity index is 1.97. The molecule has 2 rings (SSSR count). The van der Waals surface area contributed by atoms with E-state index in [1.807, 2.05) is 4.90 Å². The molecule has 20 heavy (non-hydrogen) atoms. The highest BCUT2D eigenvalue weighted by Gasteiger charge is 2.31. The number of anilines is 1. The number of hydrogen-bond acceptors (Lipinski definition) is 3. The topological polar surface area (TPSA) is 25.4 Å². The summed E-state index contributed by atoms with van der Waals surface area (Å²) in [6.07, 6.45) is -1.30. The number of ether oxygens (including phenoxy) is 1. The number of pyridine rings is 1. The maximum Gasteiger partial charge on any atom is 0.416 e. The summed E-state index contributed by atoms with van der Waals surface area (Å²) in [4.78, 5) is 5.92. The highest BCUT2D eigenvalue weighted by atomic mass is 79.9. The maximum atomic E-state index is 12.7. The predicted octanol–water partition coefficient (Wildman–Crippen LogP) is 3.48. The third-order valence-corrected chi connectivity index (χ3v) is 3.59. The van der Waals surface area contributed by atoms with Crippen molar-refractivity contribution in [1.82, 2.24) is 4.98 Å². The van der Waals surface area contributed by atoms with Gasteiger partial charge in [0, 0.05) is 24.6 Å². The molecule has 0 N–H and O–H groups in total. The highest BCUT2D eigenvalue weighted by molar-refractivity contribution is 9.09. The quantitative estimate of drug-likeness (QED) is 0.775. The zero-order valence-electron chi connectivity index (χ0n) is 10.9. The SMILES string of the molecule is FC(F)(F)c1ccnc(N2CCC(OCCBr)CC2)c1. The fourth-order valence-electron chi connectivity index (χ4n) is 2.23. The lowest BCUT2D eigenvalue weighted by Gasteiger charge is -2.32. The molecule has 1 aliphatic heterocycles. The van der Waals surface area contributed by atoms with Crippen LogP contribution in [0.1, 0.15) is 18.4 Å². The largest absolute Gasteiger partial charge is 0.416 e. The Kier molecular flexibility index (Phi) is 5.26. The second-order valence-corrected chi connectivity index (χ2v) is 5.44. The van der Waals surface area contributed by atoms with Crippen molar-refractivity contribution in [1.29, 1.82) is 0 Å². The van der Waals surface area contributed by atoms with Crippen molar-refractivity contribution in [3.8, 4) is 0 Å². The summed E-state index contributed by atoms with van der Waals surface area (Å²) in [7, 11) is 0. The second-order valence-electron chi connectivity index (χ2n) is 4.65. The number of nitrogens with zero attached hydrogens (tertiary/aromatic N) is 2. The average Bonchev–Trinajstić information content (AvgIpc) is 2.45. The van der Waals surface area contributed by atoms with Gasteiger partial charge in [0.25, 0.3) is 0 Å². The molecule has 3 nitrogen and oxygen atoms in total. The molecule has 0 aliphatic carbocycles. The summed E-state index contributed by atoms with van der Waals surface area (Å²) in [5, 5.41) is 0.794. The van der Waals surface area contributed by atoms with Crippen molar-refractivity contribution in [2.24, 2.45) is 0 Å². The van der Waals surface area contributed by atoms with E-state index in [9.17, 15) is 13.2 Å². The van der Waals surface area contributed by atoms with E-state index in [0.717, 1.165) is 30.3 Å². The Morgan fingerprint density at radius 1 is 1.35 bits per heavy atom. The monoisotopic (exact) mass is 352 g/mol. The van der Waals surface area contributed by atoms with Gasteiger partial charge in [0.1, 0.15) is 5.82 Å². The molecule has 1 fully saturated rings. The minimum atomic E-state index is -4.32. The van der Waals surface area contributed by atoms with Crippen LogP contribution in [0.5, 0.6) is 0 Å². The standard InChI is InChI=1S/C13H16BrF3N2O/c14-4-8-20-11-2-6-19(7-3-11)12-9-10(1-5-18-12)13(15,16)17/h1,5,9,11H,2-4,6-8H2. The van der Waals surface area contributed by atoms with E-state index in [-0.39, 0.29) is 6.10 Å². The van der Waals surface area contributed by atoms with Crippen LogP contribution in [0.2, 0.25) is 0 Å². The first-order valence-corrected chi connectivity index (χ1v) is 7.58. The summed E-state index contributed by atoms with van der Waals surface area (Å²) in [5.74, 6) is 0.388. The van der Waals surface area contributed by atoms with Gasteiger partial charge in [-0.3, -0.25) is 0 Å². The molecule has 1 aromatic heterocycles. The van der Waals surface area contributed by atoms with E-state index in [2.05, 4.69) is 20.9 Å². The fraction of sp³-hybridized carbons (Fsp3) is 0.615. The molecule has 0 amide bonds. The minimum absolute atomic E-state index is 0.189. The molecule has 112 valence electrons. The third-order valence-electron chi connectivity index (χ3n) is 3.27. The first-order chi connectivity index (χ1) is 9.50. The van der Waals surface area contributed by atoms with Gasteiger partial charge in [0.2, 0.25) is 0 Å². The van der Waals surface area contributed by atoms with Gasteiger partial charge in [0.15, 0.2) is 0 Å². The fourth-order valence-corrected chi connectivity index (χ4v) is 2.42. The summed E-state index contributed by atoms with van der Waals surface area (Å²) < 4.78 is 43.6. The Labute approximate surface area is 124 Å². The molecular formula is C13H16BrF3N2O. The zero-order chi connectivity index (χ0) is 14.6. The van der Waals surface area contributed by atoms with Crippen molar-refractivity contribution in [2.45, 2.75) is 25.1 Å². The molecule has 0 saturated carbocycles. The lowest BCUT2D eigenvalue weighted by molar-refractivity contribution is -0.137. The lowest BCUT2D eigenvalue weighted by Crippen LogP contribution is -2.37. The molecule has 2 heterocycles. The van der Waals surface area contributed by atoms with Crippen LogP contribution in [0.25, 0.3) is 0 Å². The van der Waals surface area contributed by atoms with Gasteiger partial charge in [-0.1, -0.05) is 15.9 Å². The number of halogens is 4. The normalized spacial score (nSPS) is 17.5. The number of rotatable bonds is 4. The van der Waals surface area contributed by atoms with E-state index in [4.69, 9.17) is 4.74 Å². The van der Waals surface area contributed by atoms with Crippen molar-refractivity contribution in [3.63, 3.8) is 0 Å². The van der Waals surface area contributed by atoms with Crippen molar-refractivity contribution in [2.75, 3.05) is 29.9 Å². The van der Waals surface area contributed by atoms with Gasteiger partial charge in [-0.05, 0) is 25.0 Å². The van der Waals surface area contributed by atoms with Gasteiger partial charge in [-0.25, -0.2) is 4.98 Å². The minimum Gasteiger partial charge on any atom is -0.377 e. The van der Waals surface area contributed by atoms with Crippen LogP contribution in [0, 0.1) is 0 Å². The van der Waals surface area contributed by atoms with Gasteiger partial charge in [-0.2, -0.15) is 13.2 Å². The summed E-state index contributed by atoms with van der Waals surface area (Å²) >= 11 is 3.30. The van der Waals surface area contributed by atoms with E-state index in [1.54, 1.807) is 0 Å². The zero-order valence-corrected chi connectivity index (χ0v) is 12.5. The lowest BCUT2D eigenvalue weighted by atomic mass is 10.1. The molecule has 1 aliphatic rings. The van der Waals surface area contributed by atoms with Crippen LogP contribution in [0.4, 0.5) is 19.0 Å².